The van der Waals surface area contributed by atoms with Crippen molar-refractivity contribution in [2.24, 2.45) is 0 Å². The number of aryl methyl sites for hydroxylation is 1. The fourth-order valence-corrected chi connectivity index (χ4v) is 3.97. The van der Waals surface area contributed by atoms with E-state index in [0.29, 0.717) is 17.3 Å². The molecule has 0 atom stereocenters. The van der Waals surface area contributed by atoms with Crippen LogP contribution in [0.3, 0.4) is 0 Å². The van der Waals surface area contributed by atoms with Crippen molar-refractivity contribution in [3.63, 3.8) is 0 Å². The average Bonchev–Trinajstić information content (AvgIpc) is 3.15. The number of hydrogen-bond acceptors (Lipinski definition) is 1. The minimum Gasteiger partial charge on any atom is -0.233 e. The Hall–Kier alpha value is -2.56. The van der Waals surface area contributed by atoms with Gasteiger partial charge in [-0.1, -0.05) is 61.2 Å². The van der Waals surface area contributed by atoms with E-state index in [-0.39, 0.29) is 0 Å². The normalized spacial score (nSPS) is 15.7. The molecule has 0 aliphatic heterocycles. The first kappa shape index (κ1) is 18.8. The van der Waals surface area contributed by atoms with Crippen molar-refractivity contribution in [1.29, 1.82) is 0 Å². The van der Waals surface area contributed by atoms with Crippen LogP contribution >= 0.6 is 0 Å². The molecule has 2 aromatic carbocycles. The summed E-state index contributed by atoms with van der Waals surface area (Å²) >= 11 is 0. The zero-order chi connectivity index (χ0) is 19.7. The Morgan fingerprint density at radius 1 is 0.893 bits per heavy atom. The maximum absolute atomic E-state index is 13.3. The van der Waals surface area contributed by atoms with Crippen LogP contribution in [-0.4, -0.2) is 9.78 Å². The Morgan fingerprint density at radius 3 is 2.14 bits per heavy atom. The van der Waals surface area contributed by atoms with Gasteiger partial charge in [0.05, 0.1) is 11.4 Å². The van der Waals surface area contributed by atoms with Gasteiger partial charge in [0, 0.05) is 5.56 Å². The zero-order valence-electron chi connectivity index (χ0n) is 15.8. The van der Waals surface area contributed by atoms with E-state index in [1.807, 2.05) is 31.2 Å². The molecule has 0 bridgehead atoms. The Labute approximate surface area is 163 Å². The van der Waals surface area contributed by atoms with E-state index in [9.17, 15) is 13.2 Å². The van der Waals surface area contributed by atoms with Crippen molar-refractivity contribution >= 4 is 0 Å². The molecule has 0 spiro atoms. The molecule has 1 saturated carbocycles. The number of benzene rings is 2. The van der Waals surface area contributed by atoms with E-state index in [0.717, 1.165) is 17.2 Å². The molecule has 0 saturated heterocycles. The van der Waals surface area contributed by atoms with Crippen molar-refractivity contribution in [3.05, 3.63) is 71.4 Å². The van der Waals surface area contributed by atoms with Crippen LogP contribution in [-0.2, 0) is 6.18 Å². The minimum atomic E-state index is -4.48. The average molecular weight is 384 g/mol. The van der Waals surface area contributed by atoms with E-state index in [1.165, 1.54) is 42.3 Å². The van der Waals surface area contributed by atoms with Crippen LogP contribution in [0.4, 0.5) is 13.2 Å². The topological polar surface area (TPSA) is 17.8 Å². The fourth-order valence-electron chi connectivity index (χ4n) is 3.97. The van der Waals surface area contributed by atoms with Crippen LogP contribution in [0.15, 0.2) is 54.6 Å². The Bertz CT molecular complexity index is 931. The van der Waals surface area contributed by atoms with Crippen LogP contribution in [0.1, 0.15) is 54.8 Å². The third kappa shape index (κ3) is 3.84. The molecule has 0 unspecified atom stereocenters. The predicted molar refractivity (Wildman–Crippen MR) is 105 cm³/mol. The summed E-state index contributed by atoms with van der Waals surface area (Å²) in [6.45, 7) is 1.94. The van der Waals surface area contributed by atoms with Crippen molar-refractivity contribution in [2.45, 2.75) is 51.1 Å². The van der Waals surface area contributed by atoms with Crippen molar-refractivity contribution in [1.82, 2.24) is 9.78 Å². The molecule has 1 aromatic heterocycles. The molecular formula is C23H23F3N2. The van der Waals surface area contributed by atoms with Gasteiger partial charge in [0.25, 0.3) is 0 Å². The summed E-state index contributed by atoms with van der Waals surface area (Å²) in [4.78, 5) is 0. The molecule has 1 aliphatic rings. The van der Waals surface area contributed by atoms with Crippen molar-refractivity contribution < 1.29 is 13.2 Å². The maximum atomic E-state index is 13.3. The van der Waals surface area contributed by atoms with E-state index in [2.05, 4.69) is 17.2 Å². The lowest BCUT2D eigenvalue weighted by Gasteiger charge is -2.22. The molecule has 1 fully saturated rings. The quantitative estimate of drug-likeness (QED) is 0.479. The van der Waals surface area contributed by atoms with Crippen LogP contribution in [0.5, 0.6) is 0 Å². The van der Waals surface area contributed by atoms with E-state index in [1.54, 1.807) is 12.1 Å². The maximum Gasteiger partial charge on any atom is 0.435 e. The highest BCUT2D eigenvalue weighted by Gasteiger charge is 2.35. The summed E-state index contributed by atoms with van der Waals surface area (Å²) in [6, 6.07) is 16.4. The molecule has 1 aliphatic carbocycles. The smallest absolute Gasteiger partial charge is 0.233 e. The van der Waals surface area contributed by atoms with Gasteiger partial charge < -0.3 is 0 Å². The molecule has 2 nitrogen and oxygen atoms in total. The number of rotatable bonds is 3. The summed E-state index contributed by atoms with van der Waals surface area (Å²) in [5.74, 6) is 0.565. The van der Waals surface area contributed by atoms with Gasteiger partial charge in [0.2, 0.25) is 0 Å². The first-order chi connectivity index (χ1) is 13.4. The summed E-state index contributed by atoms with van der Waals surface area (Å²) in [5, 5.41) is 3.86. The highest BCUT2D eigenvalue weighted by Crippen LogP contribution is 2.36. The lowest BCUT2D eigenvalue weighted by atomic mass is 9.84. The second-order valence-electron chi connectivity index (χ2n) is 7.62. The first-order valence-electron chi connectivity index (χ1n) is 9.76. The monoisotopic (exact) mass is 384 g/mol. The first-order valence-corrected chi connectivity index (χ1v) is 9.76. The third-order valence-electron chi connectivity index (χ3n) is 5.56. The van der Waals surface area contributed by atoms with Gasteiger partial charge in [-0.25, -0.2) is 4.68 Å². The van der Waals surface area contributed by atoms with E-state index in [4.69, 9.17) is 0 Å². The predicted octanol–water partition coefficient (Wildman–Crippen LogP) is 6.91. The molecule has 5 heteroatoms. The minimum absolute atomic E-state index is 0.450. The van der Waals surface area contributed by atoms with Crippen molar-refractivity contribution in [3.8, 4) is 16.9 Å². The van der Waals surface area contributed by atoms with Crippen LogP contribution in [0.25, 0.3) is 16.9 Å². The van der Waals surface area contributed by atoms with Crippen LogP contribution in [0.2, 0.25) is 0 Å². The SMILES string of the molecule is Cc1ccc(-n2nc(C(F)(F)F)cc2-c2ccc(C3CCCCC3)cc2)cc1. The largest absolute Gasteiger partial charge is 0.435 e. The molecule has 146 valence electrons. The summed E-state index contributed by atoms with van der Waals surface area (Å²) in [5.41, 5.74) is 3.26. The van der Waals surface area contributed by atoms with Gasteiger partial charge in [-0.05, 0) is 49.4 Å². The number of halogens is 3. The highest BCUT2D eigenvalue weighted by atomic mass is 19.4. The van der Waals surface area contributed by atoms with Crippen molar-refractivity contribution in [2.75, 3.05) is 0 Å². The van der Waals surface area contributed by atoms with Crippen LogP contribution in [0, 0.1) is 6.92 Å². The van der Waals surface area contributed by atoms with E-state index >= 15 is 0 Å². The van der Waals surface area contributed by atoms with Crippen LogP contribution < -0.4 is 0 Å². The summed E-state index contributed by atoms with van der Waals surface area (Å²) < 4.78 is 41.3. The Morgan fingerprint density at radius 2 is 1.54 bits per heavy atom. The Balaban J connectivity index is 1.73. The fraction of sp³-hybridized carbons (Fsp3) is 0.348. The van der Waals surface area contributed by atoms with Gasteiger partial charge in [-0.15, -0.1) is 0 Å². The van der Waals surface area contributed by atoms with Gasteiger partial charge in [0.15, 0.2) is 5.69 Å². The number of aromatic nitrogens is 2. The second kappa shape index (κ2) is 7.46. The van der Waals surface area contributed by atoms with Gasteiger partial charge in [-0.3, -0.25) is 0 Å². The molecule has 0 amide bonds. The molecule has 1 heterocycles. The highest BCUT2D eigenvalue weighted by molar-refractivity contribution is 5.63. The Kier molecular flexibility index (Phi) is 5.00. The molecular weight excluding hydrogens is 361 g/mol. The molecule has 0 radical (unpaired) electrons. The summed E-state index contributed by atoms with van der Waals surface area (Å²) in [7, 11) is 0. The molecule has 0 N–H and O–H groups in total. The molecule has 28 heavy (non-hydrogen) atoms. The number of hydrogen-bond donors (Lipinski definition) is 0. The van der Waals surface area contributed by atoms with Gasteiger partial charge in [0.1, 0.15) is 0 Å². The molecule has 4 rings (SSSR count). The number of nitrogens with zero attached hydrogens (tertiary/aromatic N) is 2. The summed E-state index contributed by atoms with van der Waals surface area (Å²) in [6.07, 6.45) is 1.71. The number of alkyl halides is 3. The van der Waals surface area contributed by atoms with E-state index < -0.39 is 11.9 Å². The molecule has 3 aromatic rings. The van der Waals surface area contributed by atoms with Gasteiger partial charge >= 0.3 is 6.18 Å². The third-order valence-corrected chi connectivity index (χ3v) is 5.56. The van der Waals surface area contributed by atoms with Gasteiger partial charge in [-0.2, -0.15) is 18.3 Å². The zero-order valence-corrected chi connectivity index (χ0v) is 15.8. The lowest BCUT2D eigenvalue weighted by molar-refractivity contribution is -0.141. The standard InChI is InChI=1S/C23H23F3N2/c1-16-7-13-20(14-8-16)28-21(15-22(27-28)23(24,25)26)19-11-9-18(10-12-19)17-5-3-2-4-6-17/h7-15,17H,2-6H2,1H3. The second-order valence-corrected chi connectivity index (χ2v) is 7.62. The lowest BCUT2D eigenvalue weighted by Crippen LogP contribution is -2.07.